The van der Waals surface area contributed by atoms with E-state index in [0.29, 0.717) is 17.5 Å². The zero-order valence-corrected chi connectivity index (χ0v) is 11.9. The fourth-order valence-electron chi connectivity index (χ4n) is 2.14. The van der Waals surface area contributed by atoms with Gasteiger partial charge in [0.2, 0.25) is 11.9 Å². The molecule has 0 radical (unpaired) electrons. The van der Waals surface area contributed by atoms with Gasteiger partial charge < -0.3 is 15.1 Å². The van der Waals surface area contributed by atoms with Crippen LogP contribution in [0, 0.1) is 0 Å². The molecular weight excluding hydrogens is 266 g/mol. The first-order valence-electron chi connectivity index (χ1n) is 6.32. The maximum atomic E-state index is 11.4. The van der Waals surface area contributed by atoms with E-state index in [1.165, 1.54) is 0 Å². The van der Waals surface area contributed by atoms with Gasteiger partial charge in [-0.3, -0.25) is 4.79 Å². The van der Waals surface area contributed by atoms with Crippen molar-refractivity contribution in [3.8, 4) is 0 Å². The molecule has 2 rings (SSSR count). The van der Waals surface area contributed by atoms with Crippen molar-refractivity contribution in [3.63, 3.8) is 0 Å². The average Bonchev–Trinajstić information content (AvgIpc) is 2.65. The smallest absolute Gasteiger partial charge is 0.224 e. The molecule has 1 aromatic heterocycles. The van der Waals surface area contributed by atoms with E-state index in [1.54, 1.807) is 20.2 Å². The van der Waals surface area contributed by atoms with Crippen LogP contribution in [0.2, 0.25) is 5.02 Å². The Balaban J connectivity index is 2.15. The summed E-state index contributed by atoms with van der Waals surface area (Å²) in [5.74, 6) is 1.39. The van der Waals surface area contributed by atoms with Crippen molar-refractivity contribution in [1.29, 1.82) is 0 Å². The summed E-state index contributed by atoms with van der Waals surface area (Å²) >= 11 is 6.16. The zero-order chi connectivity index (χ0) is 13.8. The summed E-state index contributed by atoms with van der Waals surface area (Å²) in [4.78, 5) is 23.8. The SMILES string of the molecule is CNc1ncc(Cl)c(N2CCCN(C(C)=O)CC2)n1. The van der Waals surface area contributed by atoms with Crippen LogP contribution in [0.1, 0.15) is 13.3 Å². The Bertz CT molecular complexity index is 467. The van der Waals surface area contributed by atoms with Crippen molar-refractivity contribution in [2.75, 3.05) is 43.4 Å². The lowest BCUT2D eigenvalue weighted by atomic mass is 10.3. The van der Waals surface area contributed by atoms with Crippen molar-refractivity contribution >= 4 is 29.3 Å². The van der Waals surface area contributed by atoms with E-state index < -0.39 is 0 Å². The highest BCUT2D eigenvalue weighted by molar-refractivity contribution is 6.32. The lowest BCUT2D eigenvalue weighted by molar-refractivity contribution is -0.128. The second-order valence-corrected chi connectivity index (χ2v) is 4.87. The summed E-state index contributed by atoms with van der Waals surface area (Å²) in [7, 11) is 1.77. The van der Waals surface area contributed by atoms with Gasteiger partial charge in [-0.25, -0.2) is 4.98 Å². The van der Waals surface area contributed by atoms with Gasteiger partial charge in [-0.2, -0.15) is 4.98 Å². The summed E-state index contributed by atoms with van der Waals surface area (Å²) in [5.41, 5.74) is 0. The van der Waals surface area contributed by atoms with Crippen LogP contribution in [0.3, 0.4) is 0 Å². The molecule has 0 atom stereocenters. The molecule has 1 fully saturated rings. The van der Waals surface area contributed by atoms with Gasteiger partial charge in [0.1, 0.15) is 5.02 Å². The number of nitrogens with one attached hydrogen (secondary N) is 1. The van der Waals surface area contributed by atoms with E-state index in [9.17, 15) is 4.79 Å². The fraction of sp³-hybridized carbons (Fsp3) is 0.583. The molecular formula is C12H18ClN5O. The van der Waals surface area contributed by atoms with Crippen LogP contribution in [0.25, 0.3) is 0 Å². The van der Waals surface area contributed by atoms with Crippen molar-refractivity contribution in [3.05, 3.63) is 11.2 Å². The lowest BCUT2D eigenvalue weighted by Gasteiger charge is -2.23. The van der Waals surface area contributed by atoms with E-state index in [0.717, 1.165) is 31.9 Å². The van der Waals surface area contributed by atoms with Crippen LogP contribution in [0.4, 0.5) is 11.8 Å². The highest BCUT2D eigenvalue weighted by Crippen LogP contribution is 2.24. The number of anilines is 2. The third-order valence-electron chi connectivity index (χ3n) is 3.19. The van der Waals surface area contributed by atoms with Crippen LogP contribution >= 0.6 is 11.6 Å². The molecule has 7 heteroatoms. The second-order valence-electron chi connectivity index (χ2n) is 4.46. The molecule has 104 valence electrons. The van der Waals surface area contributed by atoms with Crippen molar-refractivity contribution < 1.29 is 4.79 Å². The van der Waals surface area contributed by atoms with Gasteiger partial charge in [0.05, 0.1) is 6.20 Å². The molecule has 19 heavy (non-hydrogen) atoms. The Morgan fingerprint density at radius 1 is 1.37 bits per heavy atom. The topological polar surface area (TPSA) is 61.4 Å². The minimum atomic E-state index is 0.117. The fourth-order valence-corrected chi connectivity index (χ4v) is 2.36. The Hall–Kier alpha value is -1.56. The molecule has 0 saturated carbocycles. The maximum absolute atomic E-state index is 11.4. The molecule has 1 saturated heterocycles. The number of hydrogen-bond acceptors (Lipinski definition) is 5. The molecule has 1 N–H and O–H groups in total. The summed E-state index contributed by atoms with van der Waals surface area (Å²) in [5, 5.41) is 3.44. The van der Waals surface area contributed by atoms with Gasteiger partial charge >= 0.3 is 0 Å². The molecule has 0 bridgehead atoms. The van der Waals surface area contributed by atoms with Gasteiger partial charge in [0.15, 0.2) is 5.82 Å². The number of aromatic nitrogens is 2. The normalized spacial score (nSPS) is 16.2. The lowest BCUT2D eigenvalue weighted by Crippen LogP contribution is -2.34. The van der Waals surface area contributed by atoms with E-state index in [2.05, 4.69) is 20.2 Å². The number of rotatable bonds is 2. The van der Waals surface area contributed by atoms with Gasteiger partial charge in [-0.05, 0) is 6.42 Å². The molecule has 1 aromatic rings. The summed E-state index contributed by atoms with van der Waals surface area (Å²) < 4.78 is 0. The van der Waals surface area contributed by atoms with Crippen molar-refractivity contribution in [1.82, 2.24) is 14.9 Å². The maximum Gasteiger partial charge on any atom is 0.224 e. The molecule has 1 amide bonds. The quantitative estimate of drug-likeness (QED) is 0.885. The van der Waals surface area contributed by atoms with E-state index in [1.807, 2.05) is 4.90 Å². The van der Waals surface area contributed by atoms with Crippen LogP contribution < -0.4 is 10.2 Å². The van der Waals surface area contributed by atoms with Gasteiger partial charge in [-0.1, -0.05) is 11.6 Å². The highest BCUT2D eigenvalue weighted by Gasteiger charge is 2.19. The van der Waals surface area contributed by atoms with Crippen LogP contribution in [0.5, 0.6) is 0 Å². The number of hydrogen-bond donors (Lipinski definition) is 1. The van der Waals surface area contributed by atoms with E-state index in [4.69, 9.17) is 11.6 Å². The Labute approximate surface area is 117 Å². The minimum absolute atomic E-state index is 0.117. The molecule has 0 unspecified atom stereocenters. The Kier molecular flexibility index (Phi) is 4.42. The first-order valence-corrected chi connectivity index (χ1v) is 6.70. The second kappa shape index (κ2) is 6.06. The molecule has 0 aromatic carbocycles. The summed E-state index contributed by atoms with van der Waals surface area (Å²) in [6.45, 7) is 4.66. The van der Waals surface area contributed by atoms with Crippen LogP contribution in [-0.2, 0) is 4.79 Å². The predicted octanol–water partition coefficient (Wildman–Crippen LogP) is 1.23. The van der Waals surface area contributed by atoms with Gasteiger partial charge in [0.25, 0.3) is 0 Å². The number of carbonyl (C=O) groups is 1. The predicted molar refractivity (Wildman–Crippen MR) is 75.7 cm³/mol. The number of amides is 1. The number of nitrogens with zero attached hydrogens (tertiary/aromatic N) is 4. The zero-order valence-electron chi connectivity index (χ0n) is 11.2. The molecule has 1 aliphatic rings. The Morgan fingerprint density at radius 3 is 2.84 bits per heavy atom. The highest BCUT2D eigenvalue weighted by atomic mass is 35.5. The van der Waals surface area contributed by atoms with Crippen LogP contribution in [-0.4, -0.2) is 54.0 Å². The first kappa shape index (κ1) is 13.9. The monoisotopic (exact) mass is 283 g/mol. The standard InChI is InChI=1S/C12H18ClN5O/c1-9(19)17-4-3-5-18(7-6-17)11-10(13)8-15-12(14-2)16-11/h8H,3-7H2,1-2H3,(H,14,15,16). The summed E-state index contributed by atoms with van der Waals surface area (Å²) in [6.07, 6.45) is 2.51. The summed E-state index contributed by atoms with van der Waals surface area (Å²) in [6, 6.07) is 0. The molecule has 6 nitrogen and oxygen atoms in total. The molecule has 2 heterocycles. The third kappa shape index (κ3) is 3.26. The minimum Gasteiger partial charge on any atom is -0.357 e. The molecule has 1 aliphatic heterocycles. The van der Waals surface area contributed by atoms with Crippen molar-refractivity contribution in [2.24, 2.45) is 0 Å². The van der Waals surface area contributed by atoms with Gasteiger partial charge in [0, 0.05) is 40.2 Å². The average molecular weight is 284 g/mol. The first-order chi connectivity index (χ1) is 9.11. The van der Waals surface area contributed by atoms with Gasteiger partial charge in [-0.15, -0.1) is 0 Å². The van der Waals surface area contributed by atoms with Crippen molar-refractivity contribution in [2.45, 2.75) is 13.3 Å². The number of halogens is 1. The van der Waals surface area contributed by atoms with Crippen LogP contribution in [0.15, 0.2) is 6.20 Å². The Morgan fingerprint density at radius 2 is 2.16 bits per heavy atom. The molecule has 0 spiro atoms. The van der Waals surface area contributed by atoms with E-state index in [-0.39, 0.29) is 5.91 Å². The van der Waals surface area contributed by atoms with E-state index >= 15 is 0 Å². The largest absolute Gasteiger partial charge is 0.357 e. The number of carbonyl (C=O) groups excluding carboxylic acids is 1. The third-order valence-corrected chi connectivity index (χ3v) is 3.46. The molecule has 0 aliphatic carbocycles.